The van der Waals surface area contributed by atoms with Gasteiger partial charge in [0.2, 0.25) is 0 Å². The number of rotatable bonds is 9. The summed E-state index contributed by atoms with van der Waals surface area (Å²) in [7, 11) is -3.54. The highest BCUT2D eigenvalue weighted by Crippen LogP contribution is 2.41. The number of hydrogen-bond acceptors (Lipinski definition) is 8. The van der Waals surface area contributed by atoms with Crippen LogP contribution >= 0.6 is 0 Å². The number of carbonyl (C=O) groups excluding carboxylic acids is 4. The van der Waals surface area contributed by atoms with Gasteiger partial charge < -0.3 is 23.7 Å². The first kappa shape index (κ1) is 34.3. The molecule has 1 atom stereocenters. The lowest BCUT2D eigenvalue weighted by Gasteiger charge is -2.37. The second kappa shape index (κ2) is 12.6. The largest absolute Gasteiger partial charge is 0.541 e. The Labute approximate surface area is 247 Å². The van der Waals surface area contributed by atoms with Crippen LogP contribution in [0.1, 0.15) is 80.7 Å². The number of nitrogens with zero attached hydrogens (tertiary/aromatic N) is 1. The monoisotopic (exact) mass is 607 g/mol. The zero-order valence-electron chi connectivity index (χ0n) is 26.6. The van der Waals surface area contributed by atoms with Gasteiger partial charge in [0.05, 0.1) is 0 Å². The Morgan fingerprint density at radius 1 is 0.976 bits per heavy atom. The van der Waals surface area contributed by atoms with E-state index in [1.54, 1.807) is 26.8 Å². The molecule has 41 heavy (non-hydrogen) atoms. The third kappa shape index (κ3) is 9.87. The minimum atomic E-state index is -2.28. The van der Waals surface area contributed by atoms with Gasteiger partial charge in [0.15, 0.2) is 0 Å². The number of benzene rings is 1. The maximum absolute atomic E-state index is 13.2. The third-order valence-corrected chi connectivity index (χ3v) is 14.1. The summed E-state index contributed by atoms with van der Waals surface area (Å²) in [6.07, 6.45) is -0.923. The van der Waals surface area contributed by atoms with Crippen molar-refractivity contribution < 1.29 is 37.6 Å². The van der Waals surface area contributed by atoms with Crippen molar-refractivity contribution in [1.82, 2.24) is 10.4 Å². The molecule has 0 aliphatic carbocycles. The summed E-state index contributed by atoms with van der Waals surface area (Å²) in [5, 5.41) is 2.91. The van der Waals surface area contributed by atoms with Gasteiger partial charge in [-0.3, -0.25) is 9.59 Å². The van der Waals surface area contributed by atoms with Crippen LogP contribution in [0.2, 0.25) is 29.7 Å². The summed E-state index contributed by atoms with van der Waals surface area (Å²) in [6.45, 7) is 24.3. The molecule has 1 saturated heterocycles. The smallest absolute Gasteiger partial charge is 0.408 e. The Balaban J connectivity index is 2.45. The number of hydrogen-bond donors (Lipinski definition) is 1. The number of nitrogens with one attached hydrogen (secondary N) is 1. The average Bonchev–Trinajstić information content (AvgIpc) is 3.09. The highest BCUT2D eigenvalue weighted by molar-refractivity contribution is 6.74. The Kier molecular flexibility index (Phi) is 10.5. The fourth-order valence-corrected chi connectivity index (χ4v) is 5.10. The predicted octanol–water partition coefficient (Wildman–Crippen LogP) is 5.91. The Bertz CT molecular complexity index is 1130. The molecule has 1 aromatic rings. The molecular formula is C29H47N2O8Si2. The van der Waals surface area contributed by atoms with Crippen molar-refractivity contribution in [1.29, 1.82) is 0 Å². The van der Waals surface area contributed by atoms with E-state index in [9.17, 15) is 19.2 Å². The van der Waals surface area contributed by atoms with Crippen LogP contribution in [-0.4, -0.2) is 57.9 Å². The van der Waals surface area contributed by atoms with Crippen molar-refractivity contribution in [3.8, 4) is 11.5 Å². The average molecular weight is 608 g/mol. The normalized spacial score (nSPS) is 15.6. The summed E-state index contributed by atoms with van der Waals surface area (Å²) in [5.41, 5.74) is -0.154. The summed E-state index contributed by atoms with van der Waals surface area (Å²) >= 11 is 0. The first-order valence-corrected chi connectivity index (χ1v) is 18.7. The van der Waals surface area contributed by atoms with E-state index in [-0.39, 0.29) is 29.3 Å². The van der Waals surface area contributed by atoms with E-state index >= 15 is 0 Å². The molecule has 1 aliphatic heterocycles. The molecule has 3 amide bonds. The van der Waals surface area contributed by atoms with Crippen molar-refractivity contribution in [2.24, 2.45) is 0 Å². The summed E-state index contributed by atoms with van der Waals surface area (Å²) in [4.78, 5) is 55.1. The lowest BCUT2D eigenvalue weighted by atomic mass is 10.1. The summed E-state index contributed by atoms with van der Waals surface area (Å²) < 4.78 is 18.5. The van der Waals surface area contributed by atoms with Gasteiger partial charge >= 0.3 is 12.1 Å². The summed E-state index contributed by atoms with van der Waals surface area (Å²) in [5.74, 6) is -0.989. The number of hydroxylamine groups is 2. The molecule has 1 N–H and O–H groups in total. The van der Waals surface area contributed by atoms with E-state index in [0.29, 0.717) is 22.1 Å². The van der Waals surface area contributed by atoms with Crippen LogP contribution in [0, 0.1) is 0 Å². The molecule has 2 rings (SSSR count). The zero-order chi connectivity index (χ0) is 31.6. The maximum Gasteiger partial charge on any atom is 0.408 e. The van der Waals surface area contributed by atoms with Crippen LogP contribution in [0.3, 0.4) is 0 Å². The molecular weight excluding hydrogens is 560 g/mol. The van der Waals surface area contributed by atoms with Gasteiger partial charge in [0.25, 0.3) is 29.2 Å². The molecule has 12 heteroatoms. The van der Waals surface area contributed by atoms with Crippen LogP contribution in [0.4, 0.5) is 4.79 Å². The maximum atomic E-state index is 13.2. The number of carbonyl (C=O) groups is 4. The Morgan fingerprint density at radius 2 is 1.54 bits per heavy atom. The first-order valence-electron chi connectivity index (χ1n) is 13.9. The van der Waals surface area contributed by atoms with Crippen LogP contribution in [0.25, 0.3) is 0 Å². The van der Waals surface area contributed by atoms with Gasteiger partial charge in [-0.1, -0.05) is 47.6 Å². The topological polar surface area (TPSA) is 120 Å². The lowest BCUT2D eigenvalue weighted by Crippen LogP contribution is -2.48. The molecule has 1 unspecified atom stereocenters. The van der Waals surface area contributed by atoms with Gasteiger partial charge in [0.1, 0.15) is 23.1 Å². The number of imide groups is 1. The molecule has 1 radical (unpaired) electrons. The fraction of sp³-hybridized carbons (Fsp3) is 0.655. The molecule has 1 aliphatic rings. The number of ether oxygens (including phenoxy) is 1. The van der Waals surface area contributed by atoms with E-state index in [1.165, 1.54) is 0 Å². The van der Waals surface area contributed by atoms with Gasteiger partial charge in [-0.15, -0.1) is 5.06 Å². The highest BCUT2D eigenvalue weighted by atomic mass is 28.4. The van der Waals surface area contributed by atoms with Gasteiger partial charge in [-0.25, -0.2) is 9.59 Å². The minimum Gasteiger partial charge on any atom is -0.541 e. The van der Waals surface area contributed by atoms with Crippen molar-refractivity contribution in [2.75, 3.05) is 0 Å². The van der Waals surface area contributed by atoms with Crippen molar-refractivity contribution in [3.63, 3.8) is 0 Å². The van der Waals surface area contributed by atoms with Crippen LogP contribution < -0.4 is 14.2 Å². The second-order valence-corrected chi connectivity index (χ2v) is 21.5. The van der Waals surface area contributed by atoms with E-state index in [0.717, 1.165) is 0 Å². The zero-order valence-corrected chi connectivity index (χ0v) is 28.6. The van der Waals surface area contributed by atoms with Crippen LogP contribution in [0.5, 0.6) is 11.5 Å². The van der Waals surface area contributed by atoms with E-state index in [2.05, 4.69) is 66.5 Å². The number of amides is 3. The van der Waals surface area contributed by atoms with E-state index < -0.39 is 52.9 Å². The molecule has 0 spiro atoms. The van der Waals surface area contributed by atoms with Gasteiger partial charge in [-0.05, 0) is 68.2 Å². The van der Waals surface area contributed by atoms with Crippen molar-refractivity contribution >= 4 is 41.2 Å². The molecule has 0 aromatic heterocycles. The Morgan fingerprint density at radius 3 is 2.02 bits per heavy atom. The second-order valence-electron chi connectivity index (χ2n) is 13.9. The standard InChI is InChI=1S/C29H47N2O8Si2/c1-27(2,3)36-26(35)30-20(25(34)37-31-23(32)15-16-24(31)33)17-19-13-14-21(38-40(10)28(4,5)6)22(18-19)39-41(11,12)29(7,8)9/h13-14,18,20H,15-17H2,1-12H3,(H,30,35). The highest BCUT2D eigenvalue weighted by Gasteiger charge is 2.40. The molecule has 0 bridgehead atoms. The first-order chi connectivity index (χ1) is 18.5. The third-order valence-electron chi connectivity index (χ3n) is 7.10. The molecule has 1 aromatic carbocycles. The van der Waals surface area contributed by atoms with Gasteiger partial charge in [-0.2, -0.15) is 0 Å². The van der Waals surface area contributed by atoms with E-state index in [4.69, 9.17) is 18.4 Å². The molecule has 1 fully saturated rings. The SMILES string of the molecule is C[Si](Oc1ccc(CC(NC(=O)OC(C)(C)C)C(=O)ON2C(=O)CCC2=O)cc1O[Si](C)(C)C(C)(C)C)C(C)(C)C. The van der Waals surface area contributed by atoms with E-state index in [1.807, 2.05) is 12.1 Å². The molecule has 0 saturated carbocycles. The number of alkyl carbamates (subject to hydrolysis) is 1. The molecule has 1 heterocycles. The molecule has 229 valence electrons. The van der Waals surface area contributed by atoms with Crippen molar-refractivity contribution in [2.45, 2.75) is 123 Å². The quantitative estimate of drug-likeness (QED) is 0.272. The predicted molar refractivity (Wildman–Crippen MR) is 160 cm³/mol. The molecule has 10 nitrogen and oxygen atoms in total. The van der Waals surface area contributed by atoms with Crippen LogP contribution in [0.15, 0.2) is 18.2 Å². The lowest BCUT2D eigenvalue weighted by molar-refractivity contribution is -0.198. The Hall–Kier alpha value is -2.87. The fourth-order valence-electron chi connectivity index (χ4n) is 3.28. The summed E-state index contributed by atoms with van der Waals surface area (Å²) in [6, 6.07) is 4.19. The van der Waals surface area contributed by atoms with Crippen molar-refractivity contribution in [3.05, 3.63) is 23.8 Å². The van der Waals surface area contributed by atoms with Gasteiger partial charge in [0, 0.05) is 19.3 Å². The minimum absolute atomic E-state index is 0.00829. The van der Waals surface area contributed by atoms with Crippen LogP contribution in [-0.2, 0) is 30.4 Å².